The molecule has 0 spiro atoms. The lowest BCUT2D eigenvalue weighted by molar-refractivity contribution is 0.215. The number of rotatable bonds is 9. The van der Waals surface area contributed by atoms with Crippen molar-refractivity contribution in [1.29, 1.82) is 0 Å². The molecule has 90 valence electrons. The molecule has 0 aliphatic heterocycles. The van der Waals surface area contributed by atoms with Crippen molar-refractivity contribution < 1.29 is 10.2 Å². The quantitative estimate of drug-likeness (QED) is 0.463. The Kier molecular flexibility index (Phi) is 9.92. The molecule has 0 aliphatic carbocycles. The topological polar surface area (TPSA) is 40.5 Å². The van der Waals surface area contributed by atoms with Crippen molar-refractivity contribution >= 4 is 0 Å². The van der Waals surface area contributed by atoms with E-state index >= 15 is 0 Å². The van der Waals surface area contributed by atoms with Crippen LogP contribution in [0.3, 0.4) is 0 Å². The maximum absolute atomic E-state index is 9.10. The van der Waals surface area contributed by atoms with Gasteiger partial charge in [-0.05, 0) is 25.7 Å². The van der Waals surface area contributed by atoms with E-state index in [1.807, 2.05) is 0 Å². The normalized spacial score (nSPS) is 13.8. The first-order valence-electron chi connectivity index (χ1n) is 5.99. The molecule has 2 N–H and O–H groups in total. The minimum absolute atomic E-state index is 0.578. The fourth-order valence-corrected chi connectivity index (χ4v) is 1.55. The van der Waals surface area contributed by atoms with Crippen LogP contribution in [0.25, 0.3) is 0 Å². The predicted octanol–water partition coefficient (Wildman–Crippen LogP) is 2.10. The Bertz CT molecular complexity index is 208. The average Bonchev–Trinajstić information content (AvgIpc) is 2.31. The van der Waals surface area contributed by atoms with Gasteiger partial charge in [0.1, 0.15) is 12.2 Å². The summed E-state index contributed by atoms with van der Waals surface area (Å²) >= 11 is 0. The van der Waals surface area contributed by atoms with Gasteiger partial charge >= 0.3 is 0 Å². The minimum Gasteiger partial charge on any atom is -0.380 e. The molecule has 2 nitrogen and oxygen atoms in total. The van der Waals surface area contributed by atoms with Gasteiger partial charge in [0, 0.05) is 0 Å². The van der Waals surface area contributed by atoms with Crippen molar-refractivity contribution in [2.24, 2.45) is 0 Å². The van der Waals surface area contributed by atoms with Crippen LogP contribution in [0.5, 0.6) is 0 Å². The summed E-state index contributed by atoms with van der Waals surface area (Å²) < 4.78 is 0. The van der Waals surface area contributed by atoms with E-state index < -0.39 is 12.2 Å². The molecule has 0 fully saturated rings. The minimum atomic E-state index is -0.578. The lowest BCUT2D eigenvalue weighted by Gasteiger charge is -2.04. The molecule has 0 rings (SSSR count). The Hall–Kier alpha value is -0.960. The lowest BCUT2D eigenvalue weighted by Crippen LogP contribution is -2.02. The molecule has 0 aromatic rings. The van der Waals surface area contributed by atoms with Gasteiger partial charge in [0.15, 0.2) is 0 Å². The zero-order valence-corrected chi connectivity index (χ0v) is 9.86. The predicted molar refractivity (Wildman–Crippen MR) is 66.6 cm³/mol. The largest absolute Gasteiger partial charge is 0.380 e. The van der Waals surface area contributed by atoms with Crippen LogP contribution >= 0.6 is 0 Å². The van der Waals surface area contributed by atoms with E-state index in [4.69, 9.17) is 23.1 Å². The Morgan fingerprint density at radius 2 is 1.00 bits per heavy atom. The summed E-state index contributed by atoms with van der Waals surface area (Å²) in [6.45, 7) is 0. The van der Waals surface area contributed by atoms with E-state index in [0.29, 0.717) is 12.8 Å². The molecule has 0 radical (unpaired) electrons. The zero-order chi connectivity index (χ0) is 12.2. The van der Waals surface area contributed by atoms with Gasteiger partial charge in [0.25, 0.3) is 0 Å². The third-order valence-electron chi connectivity index (χ3n) is 2.59. The van der Waals surface area contributed by atoms with Gasteiger partial charge in [-0.25, -0.2) is 0 Å². The second kappa shape index (κ2) is 10.6. The highest BCUT2D eigenvalue weighted by molar-refractivity contribution is 4.93. The number of aliphatic hydroxyl groups is 2. The second-order valence-corrected chi connectivity index (χ2v) is 4.06. The van der Waals surface area contributed by atoms with Crippen LogP contribution in [0, 0.1) is 24.7 Å². The molecular weight excluding hydrogens is 200 g/mol. The Labute approximate surface area is 99.1 Å². The molecule has 0 aromatic carbocycles. The number of hydrogen-bond donors (Lipinski definition) is 2. The Balaban J connectivity index is 3.11. The first kappa shape index (κ1) is 15.0. The van der Waals surface area contributed by atoms with E-state index in [9.17, 15) is 0 Å². The average molecular weight is 222 g/mol. The van der Waals surface area contributed by atoms with Crippen molar-refractivity contribution in [1.82, 2.24) is 0 Å². The molecule has 2 atom stereocenters. The lowest BCUT2D eigenvalue weighted by atomic mass is 10.1. The third-order valence-corrected chi connectivity index (χ3v) is 2.59. The Morgan fingerprint density at radius 1 is 0.688 bits per heavy atom. The number of terminal acetylenes is 2. The van der Waals surface area contributed by atoms with Gasteiger partial charge in [-0.1, -0.05) is 37.5 Å². The summed E-state index contributed by atoms with van der Waals surface area (Å²) in [6.07, 6.45) is 16.9. The summed E-state index contributed by atoms with van der Waals surface area (Å²) in [6, 6.07) is 0. The maximum Gasteiger partial charge on any atom is 0.114 e. The van der Waals surface area contributed by atoms with Crippen molar-refractivity contribution in [2.75, 3.05) is 0 Å². The molecule has 0 heterocycles. The smallest absolute Gasteiger partial charge is 0.114 e. The summed E-state index contributed by atoms with van der Waals surface area (Å²) in [5.74, 6) is 4.61. The highest BCUT2D eigenvalue weighted by Gasteiger charge is 1.99. The van der Waals surface area contributed by atoms with Gasteiger partial charge in [-0.3, -0.25) is 0 Å². The van der Waals surface area contributed by atoms with Gasteiger partial charge in [0.2, 0.25) is 0 Å². The van der Waals surface area contributed by atoms with Crippen molar-refractivity contribution in [3.63, 3.8) is 0 Å². The molecule has 16 heavy (non-hydrogen) atoms. The SMILES string of the molecule is C#CC(O)CCCCCCCCC(O)C#C. The van der Waals surface area contributed by atoms with E-state index in [-0.39, 0.29) is 0 Å². The molecule has 0 bridgehead atoms. The molecule has 0 amide bonds. The number of hydrogen-bond acceptors (Lipinski definition) is 2. The summed E-state index contributed by atoms with van der Waals surface area (Å²) in [5, 5.41) is 18.2. The third kappa shape index (κ3) is 9.59. The summed E-state index contributed by atoms with van der Waals surface area (Å²) in [7, 11) is 0. The first-order chi connectivity index (χ1) is 7.70. The highest BCUT2D eigenvalue weighted by atomic mass is 16.3. The summed E-state index contributed by atoms with van der Waals surface area (Å²) in [5.41, 5.74) is 0. The van der Waals surface area contributed by atoms with Gasteiger partial charge in [-0.2, -0.15) is 0 Å². The highest BCUT2D eigenvalue weighted by Crippen LogP contribution is 2.10. The molecule has 2 unspecified atom stereocenters. The number of aliphatic hydroxyl groups excluding tert-OH is 2. The molecule has 0 saturated carbocycles. The van der Waals surface area contributed by atoms with Crippen molar-refractivity contribution in [2.45, 2.75) is 63.6 Å². The molecule has 2 heteroatoms. The standard InChI is InChI=1S/C14H22O2/c1-3-13(15)11-9-7-5-6-8-10-12-14(16)4-2/h1-2,13-16H,5-12H2. The number of unbranched alkanes of at least 4 members (excludes halogenated alkanes) is 5. The van der Waals surface area contributed by atoms with E-state index in [0.717, 1.165) is 38.5 Å². The van der Waals surface area contributed by atoms with Crippen LogP contribution in [-0.4, -0.2) is 22.4 Å². The molecular formula is C14H22O2. The molecule has 0 aromatic heterocycles. The van der Waals surface area contributed by atoms with Crippen LogP contribution < -0.4 is 0 Å². The molecule has 0 saturated heterocycles. The fraction of sp³-hybridized carbons (Fsp3) is 0.714. The van der Waals surface area contributed by atoms with Crippen LogP contribution in [0.15, 0.2) is 0 Å². The first-order valence-corrected chi connectivity index (χ1v) is 5.99. The van der Waals surface area contributed by atoms with Gasteiger partial charge in [0.05, 0.1) is 0 Å². The Morgan fingerprint density at radius 3 is 1.31 bits per heavy atom. The van der Waals surface area contributed by atoms with Gasteiger partial charge < -0.3 is 10.2 Å². The maximum atomic E-state index is 9.10. The zero-order valence-electron chi connectivity index (χ0n) is 9.86. The van der Waals surface area contributed by atoms with Crippen LogP contribution in [-0.2, 0) is 0 Å². The van der Waals surface area contributed by atoms with E-state index in [1.165, 1.54) is 0 Å². The van der Waals surface area contributed by atoms with E-state index in [1.54, 1.807) is 0 Å². The fourth-order valence-electron chi connectivity index (χ4n) is 1.55. The van der Waals surface area contributed by atoms with Crippen LogP contribution in [0.2, 0.25) is 0 Å². The second-order valence-electron chi connectivity index (χ2n) is 4.06. The summed E-state index contributed by atoms with van der Waals surface area (Å²) in [4.78, 5) is 0. The van der Waals surface area contributed by atoms with Crippen LogP contribution in [0.1, 0.15) is 51.4 Å². The van der Waals surface area contributed by atoms with E-state index in [2.05, 4.69) is 11.8 Å². The van der Waals surface area contributed by atoms with Crippen molar-refractivity contribution in [3.05, 3.63) is 0 Å². The van der Waals surface area contributed by atoms with Crippen LogP contribution in [0.4, 0.5) is 0 Å². The van der Waals surface area contributed by atoms with Crippen molar-refractivity contribution in [3.8, 4) is 24.7 Å². The molecule has 0 aliphatic rings. The monoisotopic (exact) mass is 222 g/mol. The van der Waals surface area contributed by atoms with Gasteiger partial charge in [-0.15, -0.1) is 12.8 Å².